The summed E-state index contributed by atoms with van der Waals surface area (Å²) in [6.07, 6.45) is 0.312. The second-order valence-corrected chi connectivity index (χ2v) is 2.22. The van der Waals surface area contributed by atoms with Crippen molar-refractivity contribution in [2.75, 3.05) is 13.6 Å². The van der Waals surface area contributed by atoms with E-state index < -0.39 is 0 Å². The van der Waals surface area contributed by atoms with Gasteiger partial charge in [-0.15, -0.1) is 0 Å². The van der Waals surface area contributed by atoms with Crippen LogP contribution in [0.2, 0.25) is 0 Å². The lowest BCUT2D eigenvalue weighted by molar-refractivity contribution is -0.118. The van der Waals surface area contributed by atoms with Crippen molar-refractivity contribution in [3.05, 3.63) is 0 Å². The van der Waals surface area contributed by atoms with Gasteiger partial charge in [0.15, 0.2) is 0 Å². The number of hydrogen-bond acceptors (Lipinski definition) is 2. The molecular weight excluding hydrogens is 130 g/mol. The smallest absolute Gasteiger partial charge is 0.219 e. The van der Waals surface area contributed by atoms with E-state index in [0.717, 1.165) is 0 Å². The van der Waals surface area contributed by atoms with Crippen LogP contribution >= 0.6 is 0 Å². The van der Waals surface area contributed by atoms with Gasteiger partial charge in [0.2, 0.25) is 5.91 Å². The summed E-state index contributed by atoms with van der Waals surface area (Å²) < 4.78 is 0. The fraction of sp³-hybridized carbons (Fsp3) is 0.667. The Bertz CT molecular complexity index is 144. The normalized spacial score (nSPS) is 9.00. The Labute approximate surface area is 60.5 Å². The highest BCUT2D eigenvalue weighted by atomic mass is 16.1. The third-order valence-electron chi connectivity index (χ3n) is 1.27. The molecule has 0 radical (unpaired) electrons. The first-order chi connectivity index (χ1) is 4.54. The zero-order chi connectivity index (χ0) is 8.15. The average molecular weight is 143 g/mol. The predicted octanol–water partition coefficient (Wildman–Crippen LogP) is -0.209. The molecule has 0 saturated heterocycles. The molecule has 0 unspecified atom stereocenters. The van der Waals surface area contributed by atoms with Crippen molar-refractivity contribution in [2.45, 2.75) is 13.3 Å². The Morgan fingerprint density at radius 3 is 2.50 bits per heavy atom. The maximum Gasteiger partial charge on any atom is 0.219 e. The van der Waals surface area contributed by atoms with E-state index in [1.54, 1.807) is 18.9 Å². The van der Waals surface area contributed by atoms with Crippen molar-refractivity contribution < 1.29 is 4.79 Å². The van der Waals surface area contributed by atoms with Crippen LogP contribution in [-0.2, 0) is 4.79 Å². The van der Waals surface area contributed by atoms with Crippen LogP contribution < -0.4 is 5.73 Å². The molecule has 3 N–H and O–H groups in total. The maximum atomic E-state index is 10.3. The van der Waals surface area contributed by atoms with Gasteiger partial charge in [0.25, 0.3) is 0 Å². The SMILES string of the molecule is CC(=N)N(C)CCC(N)=O. The van der Waals surface area contributed by atoms with Crippen LogP contribution in [0.25, 0.3) is 0 Å². The van der Waals surface area contributed by atoms with Crippen LogP contribution in [0.3, 0.4) is 0 Å². The first-order valence-corrected chi connectivity index (χ1v) is 3.08. The zero-order valence-electron chi connectivity index (χ0n) is 6.35. The van der Waals surface area contributed by atoms with Gasteiger partial charge in [-0.2, -0.15) is 0 Å². The van der Waals surface area contributed by atoms with Gasteiger partial charge in [0.1, 0.15) is 0 Å². The third-order valence-corrected chi connectivity index (χ3v) is 1.27. The second kappa shape index (κ2) is 3.87. The number of nitrogens with one attached hydrogen (secondary N) is 1. The first kappa shape index (κ1) is 8.94. The van der Waals surface area contributed by atoms with E-state index in [4.69, 9.17) is 11.1 Å². The summed E-state index contributed by atoms with van der Waals surface area (Å²) in [7, 11) is 1.76. The van der Waals surface area contributed by atoms with E-state index >= 15 is 0 Å². The summed E-state index contributed by atoms with van der Waals surface area (Å²) in [6.45, 7) is 2.20. The van der Waals surface area contributed by atoms with Crippen LogP contribution in [0.4, 0.5) is 0 Å². The molecule has 0 saturated carbocycles. The molecule has 4 nitrogen and oxygen atoms in total. The Morgan fingerprint density at radius 1 is 1.70 bits per heavy atom. The van der Waals surface area contributed by atoms with E-state index in [9.17, 15) is 4.79 Å². The summed E-state index contributed by atoms with van der Waals surface area (Å²) in [5, 5.41) is 7.12. The summed E-state index contributed by atoms with van der Waals surface area (Å²) in [5.74, 6) is 0.120. The van der Waals surface area contributed by atoms with Crippen molar-refractivity contribution in [3.8, 4) is 0 Å². The maximum absolute atomic E-state index is 10.3. The highest BCUT2D eigenvalue weighted by molar-refractivity contribution is 5.78. The fourth-order valence-corrected chi connectivity index (χ4v) is 0.446. The number of nitrogens with two attached hydrogens (primary N) is 1. The van der Waals surface area contributed by atoms with Crippen LogP contribution in [0, 0.1) is 5.41 Å². The molecule has 0 atom stereocenters. The molecule has 0 aliphatic heterocycles. The number of primary amides is 1. The van der Waals surface area contributed by atoms with Gasteiger partial charge in [0, 0.05) is 20.0 Å². The molecule has 58 valence electrons. The summed E-state index contributed by atoms with van der Waals surface area (Å²) in [5.41, 5.74) is 4.90. The van der Waals surface area contributed by atoms with Crippen LogP contribution in [0.15, 0.2) is 0 Å². The van der Waals surface area contributed by atoms with Gasteiger partial charge < -0.3 is 10.6 Å². The van der Waals surface area contributed by atoms with Gasteiger partial charge in [-0.1, -0.05) is 0 Å². The Morgan fingerprint density at radius 2 is 2.20 bits per heavy atom. The number of carbonyl (C=O) groups excluding carboxylic acids is 1. The largest absolute Gasteiger partial charge is 0.370 e. The van der Waals surface area contributed by atoms with E-state index in [1.165, 1.54) is 0 Å². The number of hydrogen-bond donors (Lipinski definition) is 2. The Hall–Kier alpha value is -1.06. The van der Waals surface area contributed by atoms with Gasteiger partial charge in [-0.3, -0.25) is 10.2 Å². The molecule has 0 heterocycles. The molecule has 0 aromatic heterocycles. The average Bonchev–Trinajstić information content (AvgIpc) is 1.82. The summed E-state index contributed by atoms with van der Waals surface area (Å²) in [4.78, 5) is 11.9. The minimum atomic E-state index is -0.326. The highest BCUT2D eigenvalue weighted by Gasteiger charge is 1.99. The van der Waals surface area contributed by atoms with Gasteiger partial charge >= 0.3 is 0 Å². The molecule has 0 aliphatic carbocycles. The van der Waals surface area contributed by atoms with Crippen molar-refractivity contribution in [2.24, 2.45) is 5.73 Å². The minimum absolute atomic E-state index is 0.312. The quantitative estimate of drug-likeness (QED) is 0.424. The third kappa shape index (κ3) is 3.88. The zero-order valence-corrected chi connectivity index (χ0v) is 6.35. The van der Waals surface area contributed by atoms with E-state index in [-0.39, 0.29) is 5.91 Å². The van der Waals surface area contributed by atoms with Crippen molar-refractivity contribution in [1.82, 2.24) is 4.90 Å². The fourth-order valence-electron chi connectivity index (χ4n) is 0.446. The van der Waals surface area contributed by atoms with Crippen molar-refractivity contribution in [3.63, 3.8) is 0 Å². The molecule has 4 heteroatoms. The molecule has 0 aromatic rings. The molecule has 0 fully saturated rings. The molecule has 0 bridgehead atoms. The molecular formula is C6H13N3O. The van der Waals surface area contributed by atoms with Crippen LogP contribution in [0.5, 0.6) is 0 Å². The van der Waals surface area contributed by atoms with E-state index in [1.807, 2.05) is 0 Å². The summed E-state index contributed by atoms with van der Waals surface area (Å²) in [6, 6.07) is 0. The van der Waals surface area contributed by atoms with Gasteiger partial charge in [-0.05, 0) is 6.92 Å². The minimum Gasteiger partial charge on any atom is -0.370 e. The van der Waals surface area contributed by atoms with Gasteiger partial charge in [0.05, 0.1) is 5.84 Å². The molecule has 0 spiro atoms. The molecule has 0 rings (SSSR count). The van der Waals surface area contributed by atoms with E-state index in [2.05, 4.69) is 0 Å². The molecule has 0 aromatic carbocycles. The number of nitrogens with zero attached hydrogens (tertiary/aromatic N) is 1. The number of amides is 1. The Balaban J connectivity index is 3.49. The first-order valence-electron chi connectivity index (χ1n) is 3.08. The van der Waals surface area contributed by atoms with Crippen LogP contribution in [-0.4, -0.2) is 30.2 Å². The predicted molar refractivity (Wildman–Crippen MR) is 39.8 cm³/mol. The lowest BCUT2D eigenvalue weighted by atomic mass is 10.4. The van der Waals surface area contributed by atoms with E-state index in [0.29, 0.717) is 18.8 Å². The monoisotopic (exact) mass is 143 g/mol. The molecule has 0 aliphatic rings. The van der Waals surface area contributed by atoms with Crippen molar-refractivity contribution >= 4 is 11.7 Å². The highest BCUT2D eigenvalue weighted by Crippen LogP contribution is 1.86. The lowest BCUT2D eigenvalue weighted by Gasteiger charge is -2.15. The van der Waals surface area contributed by atoms with Crippen LogP contribution in [0.1, 0.15) is 13.3 Å². The second-order valence-electron chi connectivity index (χ2n) is 2.22. The van der Waals surface area contributed by atoms with Gasteiger partial charge in [-0.25, -0.2) is 0 Å². The number of amidine groups is 1. The molecule has 10 heavy (non-hydrogen) atoms. The standard InChI is InChI=1S/C6H13N3O/c1-5(7)9(2)4-3-6(8)10/h7H,3-4H2,1-2H3,(H2,8,10). The summed E-state index contributed by atoms with van der Waals surface area (Å²) >= 11 is 0. The molecule has 1 amide bonds. The topological polar surface area (TPSA) is 70.2 Å². The number of carbonyl (C=O) groups is 1. The lowest BCUT2D eigenvalue weighted by Crippen LogP contribution is -2.27. The Kier molecular flexibility index (Phi) is 3.46. The number of rotatable bonds is 3. The van der Waals surface area contributed by atoms with Crippen molar-refractivity contribution in [1.29, 1.82) is 5.41 Å².